The molecule has 88 valence electrons. The van der Waals surface area contributed by atoms with Crippen LogP contribution in [0.25, 0.3) is 0 Å². The van der Waals surface area contributed by atoms with Gasteiger partial charge in [0.25, 0.3) is 0 Å². The van der Waals surface area contributed by atoms with E-state index in [0.717, 1.165) is 11.3 Å². The summed E-state index contributed by atoms with van der Waals surface area (Å²) in [4.78, 5) is 4.48. The molecule has 0 atom stereocenters. The van der Waals surface area contributed by atoms with Crippen molar-refractivity contribution in [2.45, 2.75) is 13.5 Å². The second-order valence-corrected chi connectivity index (χ2v) is 4.84. The van der Waals surface area contributed by atoms with Crippen LogP contribution in [-0.2, 0) is 13.6 Å². The Bertz CT molecular complexity index is 580. The van der Waals surface area contributed by atoms with Gasteiger partial charge in [0.1, 0.15) is 10.9 Å². The molecule has 2 aromatic heterocycles. The van der Waals surface area contributed by atoms with E-state index >= 15 is 0 Å². The molecule has 0 spiro atoms. The predicted molar refractivity (Wildman–Crippen MR) is 67.1 cm³/mol. The van der Waals surface area contributed by atoms with Crippen LogP contribution in [0.1, 0.15) is 16.1 Å². The van der Waals surface area contributed by atoms with Crippen molar-refractivity contribution in [1.82, 2.24) is 14.8 Å². The monoisotopic (exact) mass is 267 g/mol. The predicted octanol–water partition coefficient (Wildman–Crippen LogP) is 2.32. The molecule has 2 aromatic rings. The zero-order valence-corrected chi connectivity index (χ0v) is 10.9. The fourth-order valence-electron chi connectivity index (χ4n) is 1.33. The van der Waals surface area contributed by atoms with Crippen molar-refractivity contribution in [1.29, 1.82) is 5.26 Å². The van der Waals surface area contributed by atoms with Crippen molar-refractivity contribution >= 4 is 28.1 Å². The molecule has 0 bridgehead atoms. The zero-order chi connectivity index (χ0) is 12.4. The lowest BCUT2D eigenvalue weighted by Gasteiger charge is -2.01. The lowest BCUT2D eigenvalue weighted by molar-refractivity contribution is 0.738. The topological polar surface area (TPSA) is 66.5 Å². The smallest absolute Gasteiger partial charge is 0.185 e. The van der Waals surface area contributed by atoms with E-state index in [0.29, 0.717) is 16.6 Å². The van der Waals surface area contributed by atoms with Crippen molar-refractivity contribution < 1.29 is 0 Å². The highest BCUT2D eigenvalue weighted by atomic mass is 35.5. The number of nitriles is 1. The third-order valence-electron chi connectivity index (χ3n) is 2.45. The molecular formula is C10H10ClN5S. The normalized spacial score (nSPS) is 10.2. The largest absolute Gasteiger partial charge is 0.357 e. The van der Waals surface area contributed by atoms with E-state index in [1.54, 1.807) is 0 Å². The Balaban J connectivity index is 2.08. The van der Waals surface area contributed by atoms with Crippen LogP contribution < -0.4 is 5.32 Å². The van der Waals surface area contributed by atoms with Crippen LogP contribution >= 0.6 is 22.9 Å². The molecule has 0 aliphatic carbocycles. The summed E-state index contributed by atoms with van der Waals surface area (Å²) in [6.45, 7) is 2.62. The highest BCUT2D eigenvalue weighted by Gasteiger charge is 2.09. The van der Waals surface area contributed by atoms with E-state index < -0.39 is 0 Å². The van der Waals surface area contributed by atoms with Gasteiger partial charge in [-0.2, -0.15) is 10.4 Å². The fraction of sp³-hybridized carbons (Fsp3) is 0.300. The summed E-state index contributed by atoms with van der Waals surface area (Å²) in [6.07, 6.45) is 1.81. The van der Waals surface area contributed by atoms with Gasteiger partial charge in [0.2, 0.25) is 0 Å². The maximum absolute atomic E-state index is 8.76. The first-order valence-corrected chi connectivity index (χ1v) is 6.09. The van der Waals surface area contributed by atoms with Gasteiger partial charge in [0, 0.05) is 24.8 Å². The molecule has 17 heavy (non-hydrogen) atoms. The quantitative estimate of drug-likeness (QED) is 0.927. The van der Waals surface area contributed by atoms with Gasteiger partial charge in [0.15, 0.2) is 10.3 Å². The third kappa shape index (κ3) is 2.40. The molecule has 1 N–H and O–H groups in total. The number of nitrogens with one attached hydrogen (secondary N) is 1. The average Bonchev–Trinajstić information content (AvgIpc) is 2.82. The van der Waals surface area contributed by atoms with Crippen LogP contribution in [0.15, 0.2) is 6.20 Å². The molecule has 0 aliphatic heterocycles. The molecule has 0 fully saturated rings. The summed E-state index contributed by atoms with van der Waals surface area (Å²) in [5.74, 6) is 0. The Morgan fingerprint density at radius 3 is 2.94 bits per heavy atom. The molecule has 0 aromatic carbocycles. The number of hydrogen-bond donors (Lipinski definition) is 1. The zero-order valence-electron chi connectivity index (χ0n) is 9.36. The summed E-state index contributed by atoms with van der Waals surface area (Å²) in [6, 6.07) is 2.00. The van der Waals surface area contributed by atoms with Gasteiger partial charge in [-0.25, -0.2) is 4.98 Å². The highest BCUT2D eigenvalue weighted by molar-refractivity contribution is 7.16. The van der Waals surface area contributed by atoms with E-state index in [4.69, 9.17) is 16.9 Å². The fourth-order valence-corrected chi connectivity index (χ4v) is 2.28. The minimum atomic E-state index is 0.253. The van der Waals surface area contributed by atoms with Gasteiger partial charge < -0.3 is 5.32 Å². The standard InChI is InChI=1S/C10H10ClN5S/c1-6-7(5-14-16(6)2)4-13-10-15-9(11)8(3-12)17-10/h5H,4H2,1-2H3,(H,13,15). The molecule has 7 heteroatoms. The van der Waals surface area contributed by atoms with Gasteiger partial charge in [-0.05, 0) is 6.92 Å². The van der Waals surface area contributed by atoms with Crippen molar-refractivity contribution in [3.05, 3.63) is 27.5 Å². The second kappa shape index (κ2) is 4.73. The Hall–Kier alpha value is -1.58. The van der Waals surface area contributed by atoms with Crippen molar-refractivity contribution in [3.8, 4) is 6.07 Å². The van der Waals surface area contributed by atoms with E-state index in [2.05, 4.69) is 15.4 Å². The van der Waals surface area contributed by atoms with E-state index in [1.165, 1.54) is 11.3 Å². The van der Waals surface area contributed by atoms with Crippen LogP contribution in [0.2, 0.25) is 5.15 Å². The lowest BCUT2D eigenvalue weighted by Crippen LogP contribution is -2.00. The first kappa shape index (κ1) is 11.9. The van der Waals surface area contributed by atoms with Crippen molar-refractivity contribution in [3.63, 3.8) is 0 Å². The number of rotatable bonds is 3. The number of hydrogen-bond acceptors (Lipinski definition) is 5. The Labute approximate surface area is 108 Å². The Morgan fingerprint density at radius 2 is 2.41 bits per heavy atom. The number of aryl methyl sites for hydroxylation is 1. The number of thiazole rings is 1. The number of halogens is 1. The molecule has 0 saturated carbocycles. The molecule has 0 aliphatic rings. The minimum Gasteiger partial charge on any atom is -0.357 e. The molecular weight excluding hydrogens is 258 g/mol. The van der Waals surface area contributed by atoms with E-state index in [1.807, 2.05) is 30.9 Å². The first-order valence-electron chi connectivity index (χ1n) is 4.89. The maximum atomic E-state index is 8.76. The van der Waals surface area contributed by atoms with Crippen LogP contribution in [0, 0.1) is 18.3 Å². The first-order chi connectivity index (χ1) is 8.11. The van der Waals surface area contributed by atoms with Crippen LogP contribution in [0.3, 0.4) is 0 Å². The van der Waals surface area contributed by atoms with Crippen molar-refractivity contribution in [2.75, 3.05) is 5.32 Å². The minimum absolute atomic E-state index is 0.253. The molecule has 0 radical (unpaired) electrons. The number of aromatic nitrogens is 3. The van der Waals surface area contributed by atoms with Crippen LogP contribution in [-0.4, -0.2) is 14.8 Å². The molecule has 2 rings (SSSR count). The molecule has 5 nitrogen and oxygen atoms in total. The van der Waals surface area contributed by atoms with Gasteiger partial charge in [-0.1, -0.05) is 22.9 Å². The summed E-state index contributed by atoms with van der Waals surface area (Å²) in [5, 5.41) is 16.9. The van der Waals surface area contributed by atoms with E-state index in [9.17, 15) is 0 Å². The summed E-state index contributed by atoms with van der Waals surface area (Å²) in [7, 11) is 1.90. The average molecular weight is 268 g/mol. The maximum Gasteiger partial charge on any atom is 0.185 e. The van der Waals surface area contributed by atoms with Gasteiger partial charge in [-0.3, -0.25) is 4.68 Å². The summed E-state index contributed by atoms with van der Waals surface area (Å²) < 4.78 is 1.81. The third-order valence-corrected chi connectivity index (χ3v) is 3.76. The summed E-state index contributed by atoms with van der Waals surface area (Å²) in [5.41, 5.74) is 2.19. The Morgan fingerprint density at radius 1 is 1.65 bits per heavy atom. The SMILES string of the molecule is Cc1c(CNc2nc(Cl)c(C#N)s2)cnn1C. The van der Waals surface area contributed by atoms with Crippen LogP contribution in [0.4, 0.5) is 5.13 Å². The Kier molecular flexibility index (Phi) is 3.31. The van der Waals surface area contributed by atoms with Gasteiger partial charge >= 0.3 is 0 Å². The summed E-state index contributed by atoms with van der Waals surface area (Å²) >= 11 is 7.03. The molecule has 0 amide bonds. The highest BCUT2D eigenvalue weighted by Crippen LogP contribution is 2.26. The van der Waals surface area contributed by atoms with Crippen LogP contribution in [0.5, 0.6) is 0 Å². The van der Waals surface area contributed by atoms with Gasteiger partial charge in [-0.15, -0.1) is 0 Å². The van der Waals surface area contributed by atoms with Gasteiger partial charge in [0.05, 0.1) is 6.20 Å². The lowest BCUT2D eigenvalue weighted by atomic mass is 10.2. The van der Waals surface area contributed by atoms with E-state index in [-0.39, 0.29) is 5.15 Å². The molecule has 2 heterocycles. The molecule has 0 unspecified atom stereocenters. The van der Waals surface area contributed by atoms with Crippen molar-refractivity contribution in [2.24, 2.45) is 7.05 Å². The number of nitrogens with zero attached hydrogens (tertiary/aromatic N) is 4. The second-order valence-electron chi connectivity index (χ2n) is 3.48. The number of anilines is 1. The molecule has 0 saturated heterocycles.